The van der Waals surface area contributed by atoms with Crippen molar-refractivity contribution in [2.24, 2.45) is 0 Å². The highest BCUT2D eigenvalue weighted by molar-refractivity contribution is 6.33. The summed E-state index contributed by atoms with van der Waals surface area (Å²) in [5.41, 5.74) is 6.71. The Hall–Kier alpha value is -8.21. The van der Waals surface area contributed by atoms with Crippen LogP contribution in [0.15, 0.2) is 205 Å². The van der Waals surface area contributed by atoms with Crippen molar-refractivity contribution in [3.05, 3.63) is 200 Å². The van der Waals surface area contributed by atoms with E-state index >= 15 is 0 Å². The summed E-state index contributed by atoms with van der Waals surface area (Å²) in [5.74, 6) is 1.81. The molecule has 0 spiro atoms. The Kier molecular flexibility index (Phi) is 7.27. The van der Waals surface area contributed by atoms with Gasteiger partial charge in [0.2, 0.25) is 0 Å². The van der Waals surface area contributed by atoms with Crippen LogP contribution in [0.25, 0.3) is 132 Å². The molecule has 0 N–H and O–H groups in total. The van der Waals surface area contributed by atoms with Crippen molar-refractivity contribution in [2.45, 2.75) is 0 Å². The van der Waals surface area contributed by atoms with E-state index in [1.165, 1.54) is 43.1 Å². The van der Waals surface area contributed by atoms with E-state index in [2.05, 4.69) is 194 Å². The first-order valence-corrected chi connectivity index (χ1v) is 20.7. The minimum Gasteiger partial charge on any atom is -0.455 e. The van der Waals surface area contributed by atoms with Crippen LogP contribution in [0.3, 0.4) is 0 Å². The highest BCUT2D eigenvalue weighted by Crippen LogP contribution is 2.46. The van der Waals surface area contributed by atoms with Gasteiger partial charge in [0.15, 0.2) is 17.5 Å². The third-order valence-corrected chi connectivity index (χ3v) is 12.5. The molecule has 0 radical (unpaired) electrons. The van der Waals surface area contributed by atoms with Gasteiger partial charge >= 0.3 is 0 Å². The fourth-order valence-corrected chi connectivity index (χ4v) is 9.62. The van der Waals surface area contributed by atoms with Crippen LogP contribution in [0.2, 0.25) is 0 Å². The van der Waals surface area contributed by atoms with Crippen molar-refractivity contribution in [2.75, 3.05) is 0 Å². The number of benzene rings is 11. The second-order valence-electron chi connectivity index (χ2n) is 15.9. The van der Waals surface area contributed by atoms with Crippen molar-refractivity contribution < 1.29 is 4.42 Å². The van der Waals surface area contributed by atoms with Crippen LogP contribution in [0, 0.1) is 0 Å². The Morgan fingerprint density at radius 1 is 0.279 bits per heavy atom. The van der Waals surface area contributed by atoms with Gasteiger partial charge < -0.3 is 4.42 Å². The summed E-state index contributed by atoms with van der Waals surface area (Å²) in [7, 11) is 0. The maximum Gasteiger partial charge on any atom is 0.165 e. The second-order valence-corrected chi connectivity index (χ2v) is 15.9. The Bertz CT molecular complexity index is 3890. The van der Waals surface area contributed by atoms with Gasteiger partial charge in [-0.2, -0.15) is 0 Å². The van der Waals surface area contributed by atoms with Gasteiger partial charge in [0, 0.05) is 32.8 Å². The lowest BCUT2D eigenvalue weighted by molar-refractivity contribution is 0.673. The molecule has 0 fully saturated rings. The van der Waals surface area contributed by atoms with Crippen molar-refractivity contribution in [3.63, 3.8) is 0 Å². The third-order valence-electron chi connectivity index (χ3n) is 12.5. The number of rotatable bonds is 4. The average molecular weight is 776 g/mol. The smallest absolute Gasteiger partial charge is 0.165 e. The Balaban J connectivity index is 1.11. The number of fused-ring (bicyclic) bond motifs is 14. The monoisotopic (exact) mass is 775 g/mol. The molecule has 0 atom stereocenters. The van der Waals surface area contributed by atoms with E-state index < -0.39 is 0 Å². The zero-order valence-corrected chi connectivity index (χ0v) is 32.8. The van der Waals surface area contributed by atoms with Crippen LogP contribution < -0.4 is 0 Å². The maximum atomic E-state index is 7.09. The lowest BCUT2D eigenvalue weighted by Gasteiger charge is -2.13. The van der Waals surface area contributed by atoms with E-state index in [0.717, 1.165) is 71.3 Å². The van der Waals surface area contributed by atoms with Crippen molar-refractivity contribution in [3.8, 4) is 45.3 Å². The van der Waals surface area contributed by atoms with Gasteiger partial charge in [-0.25, -0.2) is 15.0 Å². The number of furan rings is 1. The van der Waals surface area contributed by atoms with E-state index in [1.54, 1.807) is 0 Å². The molecule has 0 aliphatic rings. The first-order valence-electron chi connectivity index (χ1n) is 20.7. The molecule has 282 valence electrons. The normalized spacial score (nSPS) is 11.9. The Morgan fingerprint density at radius 3 is 1.52 bits per heavy atom. The molecule has 13 rings (SSSR count). The summed E-state index contributed by atoms with van der Waals surface area (Å²) in [6, 6.07) is 70.9. The van der Waals surface area contributed by atoms with Gasteiger partial charge in [0.05, 0.1) is 0 Å². The van der Waals surface area contributed by atoms with Crippen LogP contribution in [0.4, 0.5) is 0 Å². The topological polar surface area (TPSA) is 51.8 Å². The van der Waals surface area contributed by atoms with Crippen LogP contribution in [-0.2, 0) is 0 Å². The standard InChI is InChI=1S/C57H33N3O/c1-2-12-34(13-3-1)35-22-25-37(26-23-35)55-58-56(40-28-29-42-39(32-40)27-24-36-14-4-6-16-41(36)42)60-57(59-55)53-43-17-7-5-15-38(43)33-50-52(53)49-31-30-48-46-20-9-8-18-44(46)45-19-10-11-21-47(45)51(48)54(49)61-50/h1-33H. The van der Waals surface area contributed by atoms with E-state index in [-0.39, 0.29) is 0 Å². The molecule has 4 nitrogen and oxygen atoms in total. The summed E-state index contributed by atoms with van der Waals surface area (Å²) in [5, 5.41) is 16.0. The van der Waals surface area contributed by atoms with Crippen molar-refractivity contribution in [1.82, 2.24) is 15.0 Å². The van der Waals surface area contributed by atoms with Crippen LogP contribution in [0.5, 0.6) is 0 Å². The Labute approximate surface area is 350 Å². The number of nitrogens with zero attached hydrogens (tertiary/aromatic N) is 3. The van der Waals surface area contributed by atoms with Crippen LogP contribution in [-0.4, -0.2) is 15.0 Å². The van der Waals surface area contributed by atoms with Crippen LogP contribution in [0.1, 0.15) is 0 Å². The van der Waals surface area contributed by atoms with Gasteiger partial charge in [-0.3, -0.25) is 0 Å². The first-order chi connectivity index (χ1) is 30.2. The second kappa shape index (κ2) is 13.2. The van der Waals surface area contributed by atoms with Gasteiger partial charge in [-0.1, -0.05) is 182 Å². The highest BCUT2D eigenvalue weighted by atomic mass is 16.3. The molecule has 0 aliphatic carbocycles. The molecule has 0 saturated heterocycles. The molecule has 0 saturated carbocycles. The summed E-state index contributed by atoms with van der Waals surface area (Å²) in [4.78, 5) is 16.0. The number of aromatic nitrogens is 3. The lowest BCUT2D eigenvalue weighted by atomic mass is 9.92. The highest BCUT2D eigenvalue weighted by Gasteiger charge is 2.23. The van der Waals surface area contributed by atoms with E-state index in [9.17, 15) is 0 Å². The van der Waals surface area contributed by atoms with Gasteiger partial charge in [-0.15, -0.1) is 0 Å². The molecular weight excluding hydrogens is 743 g/mol. The summed E-state index contributed by atoms with van der Waals surface area (Å²) < 4.78 is 7.09. The molecular formula is C57H33N3O. The Morgan fingerprint density at radius 2 is 0.754 bits per heavy atom. The largest absolute Gasteiger partial charge is 0.455 e. The minimum absolute atomic E-state index is 0.596. The minimum atomic E-state index is 0.596. The number of hydrogen-bond donors (Lipinski definition) is 0. The van der Waals surface area contributed by atoms with E-state index in [4.69, 9.17) is 19.4 Å². The lowest BCUT2D eigenvalue weighted by Crippen LogP contribution is -2.01. The van der Waals surface area contributed by atoms with Gasteiger partial charge in [-0.05, 0) is 88.6 Å². The summed E-state index contributed by atoms with van der Waals surface area (Å²) in [6.07, 6.45) is 0. The van der Waals surface area contributed by atoms with Crippen LogP contribution >= 0.6 is 0 Å². The zero-order valence-electron chi connectivity index (χ0n) is 32.8. The molecule has 61 heavy (non-hydrogen) atoms. The van der Waals surface area contributed by atoms with Crippen molar-refractivity contribution >= 4 is 86.6 Å². The molecule has 4 heteroatoms. The number of hydrogen-bond acceptors (Lipinski definition) is 4. The zero-order chi connectivity index (χ0) is 40.0. The molecule has 0 aliphatic heterocycles. The molecule has 2 heterocycles. The van der Waals surface area contributed by atoms with E-state index in [1.807, 2.05) is 6.07 Å². The fraction of sp³-hybridized carbons (Fsp3) is 0. The fourth-order valence-electron chi connectivity index (χ4n) is 9.62. The quantitative estimate of drug-likeness (QED) is 0.167. The predicted molar refractivity (Wildman–Crippen MR) is 254 cm³/mol. The molecule has 0 amide bonds. The molecule has 11 aromatic carbocycles. The van der Waals surface area contributed by atoms with E-state index in [0.29, 0.717) is 17.5 Å². The first kappa shape index (κ1) is 33.7. The predicted octanol–water partition coefficient (Wildman–Crippen LogP) is 15.4. The average Bonchev–Trinajstić information content (AvgIpc) is 3.71. The van der Waals surface area contributed by atoms with Crippen molar-refractivity contribution in [1.29, 1.82) is 0 Å². The molecule has 2 aromatic heterocycles. The van der Waals surface area contributed by atoms with Gasteiger partial charge in [0.25, 0.3) is 0 Å². The molecule has 0 unspecified atom stereocenters. The maximum absolute atomic E-state index is 7.09. The summed E-state index contributed by atoms with van der Waals surface area (Å²) in [6.45, 7) is 0. The van der Waals surface area contributed by atoms with Gasteiger partial charge in [0.1, 0.15) is 11.2 Å². The molecule has 13 aromatic rings. The third kappa shape index (κ3) is 5.22. The SMILES string of the molecule is c1ccc(-c2ccc(-c3nc(-c4ccc5c(ccc6ccccc65)c4)nc(-c4c5ccccc5cc5oc6c(ccc7c8ccccc8c8ccccc8c76)c45)n3)cc2)cc1. The summed E-state index contributed by atoms with van der Waals surface area (Å²) >= 11 is 0. The molecule has 0 bridgehead atoms.